The Kier molecular flexibility index (Phi) is 6.41. The van der Waals surface area contributed by atoms with E-state index in [4.69, 9.17) is 9.47 Å². The van der Waals surface area contributed by atoms with Crippen molar-refractivity contribution in [2.75, 3.05) is 19.8 Å². The first kappa shape index (κ1) is 16.8. The molecule has 0 aromatic heterocycles. The molecule has 1 amide bonds. The quantitative estimate of drug-likeness (QED) is 0.762. The molecule has 4 nitrogen and oxygen atoms in total. The lowest BCUT2D eigenvalue weighted by Crippen LogP contribution is -2.29. The van der Waals surface area contributed by atoms with E-state index in [0.717, 1.165) is 5.75 Å². The van der Waals surface area contributed by atoms with E-state index in [1.165, 1.54) is 6.07 Å². The summed E-state index contributed by atoms with van der Waals surface area (Å²) in [4.78, 5) is 11.8. The van der Waals surface area contributed by atoms with Gasteiger partial charge in [-0.05, 0) is 30.7 Å². The van der Waals surface area contributed by atoms with Gasteiger partial charge in [0.05, 0.1) is 19.6 Å². The van der Waals surface area contributed by atoms with E-state index in [-0.39, 0.29) is 18.1 Å². The summed E-state index contributed by atoms with van der Waals surface area (Å²) in [6.07, 6.45) is 0.0203. The number of hydrogen-bond acceptors (Lipinski definition) is 3. The second kappa shape index (κ2) is 8.78. The van der Waals surface area contributed by atoms with Crippen molar-refractivity contribution in [1.29, 1.82) is 0 Å². The van der Waals surface area contributed by atoms with Gasteiger partial charge >= 0.3 is 0 Å². The Morgan fingerprint density at radius 1 is 1.09 bits per heavy atom. The second-order valence-corrected chi connectivity index (χ2v) is 4.87. The number of nitrogens with one attached hydrogen (secondary N) is 1. The molecule has 5 heteroatoms. The van der Waals surface area contributed by atoms with Gasteiger partial charge in [-0.1, -0.05) is 24.3 Å². The Balaban J connectivity index is 1.72. The van der Waals surface area contributed by atoms with Crippen LogP contribution in [-0.4, -0.2) is 25.7 Å². The Morgan fingerprint density at radius 2 is 1.83 bits per heavy atom. The molecule has 0 fully saturated rings. The summed E-state index contributed by atoms with van der Waals surface area (Å²) in [5.74, 6) is 0.821. The van der Waals surface area contributed by atoms with Crippen LogP contribution in [-0.2, 0) is 11.2 Å². The maximum atomic E-state index is 13.4. The van der Waals surface area contributed by atoms with Crippen molar-refractivity contribution in [3.05, 3.63) is 59.9 Å². The summed E-state index contributed by atoms with van der Waals surface area (Å²) in [5.41, 5.74) is 0.385. The van der Waals surface area contributed by atoms with Crippen molar-refractivity contribution < 1.29 is 18.7 Å². The largest absolute Gasteiger partial charge is 0.494 e. The van der Waals surface area contributed by atoms with Crippen molar-refractivity contribution in [3.8, 4) is 11.5 Å². The predicted molar refractivity (Wildman–Crippen MR) is 86.2 cm³/mol. The summed E-state index contributed by atoms with van der Waals surface area (Å²) < 4.78 is 24.4. The minimum absolute atomic E-state index is 0.0203. The molecular formula is C18H20FNO3. The van der Waals surface area contributed by atoms with Crippen LogP contribution in [0.15, 0.2) is 48.5 Å². The van der Waals surface area contributed by atoms with Gasteiger partial charge in [-0.2, -0.15) is 0 Å². The molecule has 0 spiro atoms. The second-order valence-electron chi connectivity index (χ2n) is 4.87. The number of benzene rings is 2. The highest BCUT2D eigenvalue weighted by Gasteiger charge is 2.07. The molecule has 0 aliphatic carbocycles. The maximum Gasteiger partial charge on any atom is 0.224 e. The highest BCUT2D eigenvalue weighted by molar-refractivity contribution is 5.78. The molecule has 2 aromatic rings. The summed E-state index contributed by atoms with van der Waals surface area (Å²) in [7, 11) is 0. The van der Waals surface area contributed by atoms with Crippen LogP contribution in [0.1, 0.15) is 12.5 Å². The maximum absolute atomic E-state index is 13.4. The van der Waals surface area contributed by atoms with Gasteiger partial charge < -0.3 is 14.8 Å². The van der Waals surface area contributed by atoms with Crippen LogP contribution in [0, 0.1) is 5.82 Å². The van der Waals surface area contributed by atoms with E-state index in [1.54, 1.807) is 24.3 Å². The van der Waals surface area contributed by atoms with Gasteiger partial charge in [-0.25, -0.2) is 4.39 Å². The lowest BCUT2D eigenvalue weighted by molar-refractivity contribution is -0.120. The van der Waals surface area contributed by atoms with Crippen LogP contribution in [0.5, 0.6) is 11.5 Å². The van der Waals surface area contributed by atoms with E-state index in [9.17, 15) is 9.18 Å². The molecule has 2 rings (SSSR count). The molecule has 0 aliphatic rings. The number of carbonyl (C=O) groups is 1. The lowest BCUT2D eigenvalue weighted by atomic mass is 10.1. The first-order valence-electron chi connectivity index (χ1n) is 7.55. The van der Waals surface area contributed by atoms with Gasteiger partial charge in [0.25, 0.3) is 0 Å². The van der Waals surface area contributed by atoms with E-state index >= 15 is 0 Å². The van der Waals surface area contributed by atoms with Gasteiger partial charge in [0.15, 0.2) is 0 Å². The molecular weight excluding hydrogens is 297 g/mol. The van der Waals surface area contributed by atoms with E-state index in [0.29, 0.717) is 31.1 Å². The number of hydrogen-bond donors (Lipinski definition) is 1. The number of rotatable bonds is 8. The Labute approximate surface area is 135 Å². The topological polar surface area (TPSA) is 47.6 Å². The predicted octanol–water partition coefficient (Wildman–Crippen LogP) is 2.96. The molecule has 0 saturated carbocycles. The van der Waals surface area contributed by atoms with Gasteiger partial charge in [-0.3, -0.25) is 4.79 Å². The lowest BCUT2D eigenvalue weighted by Gasteiger charge is -2.09. The number of carbonyl (C=O) groups excluding carboxylic acids is 1. The first-order valence-corrected chi connectivity index (χ1v) is 7.55. The third-order valence-electron chi connectivity index (χ3n) is 3.12. The van der Waals surface area contributed by atoms with Crippen molar-refractivity contribution in [1.82, 2.24) is 5.32 Å². The fourth-order valence-corrected chi connectivity index (χ4v) is 2.06. The zero-order valence-corrected chi connectivity index (χ0v) is 13.0. The van der Waals surface area contributed by atoms with Crippen LogP contribution in [0.2, 0.25) is 0 Å². The van der Waals surface area contributed by atoms with Crippen molar-refractivity contribution in [2.24, 2.45) is 0 Å². The molecule has 0 radical (unpaired) electrons. The molecule has 0 unspecified atom stereocenters. The van der Waals surface area contributed by atoms with Crippen LogP contribution < -0.4 is 14.8 Å². The van der Waals surface area contributed by atoms with Gasteiger partial charge in [-0.15, -0.1) is 0 Å². The first-order chi connectivity index (χ1) is 11.2. The van der Waals surface area contributed by atoms with Gasteiger partial charge in [0.1, 0.15) is 23.9 Å². The van der Waals surface area contributed by atoms with Crippen LogP contribution in [0.3, 0.4) is 0 Å². The SMILES string of the molecule is CCOc1cccc(OCCNC(=O)Cc2ccccc2F)c1. The monoisotopic (exact) mass is 317 g/mol. The Hall–Kier alpha value is -2.56. The van der Waals surface area contributed by atoms with Crippen LogP contribution in [0.4, 0.5) is 4.39 Å². The van der Waals surface area contributed by atoms with E-state index in [2.05, 4.69) is 5.32 Å². The van der Waals surface area contributed by atoms with Crippen LogP contribution in [0.25, 0.3) is 0 Å². The van der Waals surface area contributed by atoms with Crippen LogP contribution >= 0.6 is 0 Å². The smallest absolute Gasteiger partial charge is 0.224 e. The average molecular weight is 317 g/mol. The molecule has 0 bridgehead atoms. The molecule has 0 atom stereocenters. The Bertz CT molecular complexity index is 646. The third kappa shape index (κ3) is 5.62. The molecule has 23 heavy (non-hydrogen) atoms. The zero-order chi connectivity index (χ0) is 16.5. The van der Waals surface area contributed by atoms with E-state index < -0.39 is 0 Å². The Morgan fingerprint density at radius 3 is 2.57 bits per heavy atom. The summed E-state index contributed by atoms with van der Waals surface area (Å²) in [5, 5.41) is 2.71. The van der Waals surface area contributed by atoms with Crippen molar-refractivity contribution >= 4 is 5.91 Å². The molecule has 122 valence electrons. The minimum Gasteiger partial charge on any atom is -0.494 e. The highest BCUT2D eigenvalue weighted by Crippen LogP contribution is 2.19. The van der Waals surface area contributed by atoms with Crippen molar-refractivity contribution in [3.63, 3.8) is 0 Å². The molecule has 0 saturated heterocycles. The van der Waals surface area contributed by atoms with Gasteiger partial charge in [0, 0.05) is 6.07 Å². The number of amides is 1. The summed E-state index contributed by atoms with van der Waals surface area (Å²) in [6, 6.07) is 13.6. The summed E-state index contributed by atoms with van der Waals surface area (Å²) in [6.45, 7) is 3.19. The van der Waals surface area contributed by atoms with Gasteiger partial charge in [0.2, 0.25) is 5.91 Å². The zero-order valence-electron chi connectivity index (χ0n) is 13.0. The molecule has 0 aliphatic heterocycles. The number of ether oxygens (including phenoxy) is 2. The highest BCUT2D eigenvalue weighted by atomic mass is 19.1. The average Bonchev–Trinajstić information content (AvgIpc) is 2.55. The fourth-order valence-electron chi connectivity index (χ4n) is 2.06. The number of halogens is 1. The fraction of sp³-hybridized carbons (Fsp3) is 0.278. The normalized spacial score (nSPS) is 10.2. The molecule has 2 aromatic carbocycles. The molecule has 1 N–H and O–H groups in total. The van der Waals surface area contributed by atoms with Crippen molar-refractivity contribution in [2.45, 2.75) is 13.3 Å². The standard InChI is InChI=1S/C18H20FNO3/c1-2-22-15-7-5-8-16(13-15)23-11-10-20-18(21)12-14-6-3-4-9-17(14)19/h3-9,13H,2,10-12H2,1H3,(H,20,21). The minimum atomic E-state index is -0.369. The third-order valence-corrected chi connectivity index (χ3v) is 3.12. The van der Waals surface area contributed by atoms with E-state index in [1.807, 2.05) is 25.1 Å². The molecule has 0 heterocycles. The summed E-state index contributed by atoms with van der Waals surface area (Å²) >= 11 is 0.